The summed E-state index contributed by atoms with van der Waals surface area (Å²) in [5.74, 6) is 2.03. The smallest absolute Gasteiger partial charge is 0.263 e. The second kappa shape index (κ2) is 5.50. The van der Waals surface area contributed by atoms with Crippen LogP contribution in [0.3, 0.4) is 0 Å². The molecule has 0 bridgehead atoms. The number of pyridine rings is 1. The first kappa shape index (κ1) is 14.7. The monoisotopic (exact) mass is 307 g/mol. The summed E-state index contributed by atoms with van der Waals surface area (Å²) in [6.07, 6.45) is 7.11. The fraction of sp³-hybridized carbons (Fsp3) is 0.0556. The van der Waals surface area contributed by atoms with Crippen molar-refractivity contribution >= 4 is 22.1 Å². The quantitative estimate of drug-likeness (QED) is 0.565. The van der Waals surface area contributed by atoms with Crippen molar-refractivity contribution in [3.63, 3.8) is 0 Å². The van der Waals surface area contributed by atoms with Crippen molar-refractivity contribution in [1.29, 1.82) is 0 Å². The maximum atomic E-state index is 14.0. The van der Waals surface area contributed by atoms with E-state index < -0.39 is 5.82 Å². The first-order valence-electron chi connectivity index (χ1n) is 6.94. The van der Waals surface area contributed by atoms with E-state index >= 15 is 0 Å². The van der Waals surface area contributed by atoms with Crippen LogP contribution in [0.4, 0.5) is 15.8 Å². The van der Waals surface area contributed by atoms with Crippen LogP contribution in [0.25, 0.3) is 16.5 Å². The van der Waals surface area contributed by atoms with Crippen molar-refractivity contribution in [3.05, 3.63) is 64.3 Å². The van der Waals surface area contributed by atoms with Crippen molar-refractivity contribution in [2.75, 3.05) is 18.1 Å². The summed E-state index contributed by atoms with van der Waals surface area (Å²) in [7, 11) is 1.62. The van der Waals surface area contributed by atoms with Crippen LogP contribution in [0.15, 0.2) is 47.4 Å². The third-order valence-electron chi connectivity index (χ3n) is 3.70. The van der Waals surface area contributed by atoms with Crippen LogP contribution in [-0.2, 0) is 0 Å². The van der Waals surface area contributed by atoms with E-state index in [1.165, 1.54) is 10.6 Å². The van der Waals surface area contributed by atoms with E-state index in [2.05, 4.69) is 11.2 Å². The van der Waals surface area contributed by atoms with Gasteiger partial charge in [0.1, 0.15) is 5.82 Å². The van der Waals surface area contributed by atoms with E-state index in [1.54, 1.807) is 43.6 Å². The molecule has 2 aromatic carbocycles. The number of fused-ring (bicyclic) bond motifs is 1. The van der Waals surface area contributed by atoms with Gasteiger partial charge >= 0.3 is 0 Å². The zero-order chi connectivity index (χ0) is 16.6. The first-order valence-corrected chi connectivity index (χ1v) is 6.94. The van der Waals surface area contributed by atoms with Crippen LogP contribution < -0.4 is 16.6 Å². The molecule has 0 atom stereocenters. The summed E-state index contributed by atoms with van der Waals surface area (Å²) in [6, 6.07) is 9.53. The minimum absolute atomic E-state index is 0.281. The van der Waals surface area contributed by atoms with Gasteiger partial charge < -0.3 is 11.1 Å². The van der Waals surface area contributed by atoms with Gasteiger partial charge in [0.15, 0.2) is 0 Å². The third-order valence-corrected chi connectivity index (χ3v) is 3.70. The highest BCUT2D eigenvalue weighted by Gasteiger charge is 2.11. The molecule has 4 nitrogen and oxygen atoms in total. The summed E-state index contributed by atoms with van der Waals surface area (Å²) >= 11 is 0. The fourth-order valence-electron chi connectivity index (χ4n) is 2.53. The average Bonchev–Trinajstić information content (AvgIpc) is 2.55. The number of terminal acetylenes is 1. The molecule has 0 amide bonds. The molecule has 0 unspecified atom stereocenters. The first-order chi connectivity index (χ1) is 11.0. The molecule has 0 spiro atoms. The molecule has 23 heavy (non-hydrogen) atoms. The Morgan fingerprint density at radius 3 is 2.74 bits per heavy atom. The Bertz CT molecular complexity index is 1020. The number of hydrogen-bond donors (Lipinski definition) is 2. The van der Waals surface area contributed by atoms with Crippen LogP contribution in [0.2, 0.25) is 0 Å². The summed E-state index contributed by atoms with van der Waals surface area (Å²) in [5, 5.41) is 3.68. The van der Waals surface area contributed by atoms with Crippen molar-refractivity contribution in [2.45, 2.75) is 0 Å². The lowest BCUT2D eigenvalue weighted by Gasteiger charge is -2.11. The number of rotatable bonds is 2. The molecule has 0 saturated heterocycles. The molecule has 0 radical (unpaired) electrons. The van der Waals surface area contributed by atoms with E-state index in [-0.39, 0.29) is 10.9 Å². The molecule has 0 aliphatic rings. The summed E-state index contributed by atoms with van der Waals surface area (Å²) < 4.78 is 15.4. The third kappa shape index (κ3) is 2.40. The number of nitrogen functional groups attached to an aromatic ring is 1. The lowest BCUT2D eigenvalue weighted by molar-refractivity contribution is 0.633. The predicted molar refractivity (Wildman–Crippen MR) is 91.4 cm³/mol. The molecular formula is C18H14FN3O. The van der Waals surface area contributed by atoms with Gasteiger partial charge in [-0.1, -0.05) is 5.92 Å². The van der Waals surface area contributed by atoms with Gasteiger partial charge in [-0.3, -0.25) is 9.36 Å². The normalized spacial score (nSPS) is 10.5. The highest BCUT2D eigenvalue weighted by Crippen LogP contribution is 2.22. The average molecular weight is 307 g/mol. The fourth-order valence-corrected chi connectivity index (χ4v) is 2.53. The summed E-state index contributed by atoms with van der Waals surface area (Å²) in [6.45, 7) is 0. The van der Waals surface area contributed by atoms with Crippen LogP contribution >= 0.6 is 0 Å². The molecule has 1 heterocycles. The van der Waals surface area contributed by atoms with Gasteiger partial charge in [0.2, 0.25) is 0 Å². The van der Waals surface area contributed by atoms with E-state index in [9.17, 15) is 9.18 Å². The van der Waals surface area contributed by atoms with Gasteiger partial charge in [0.05, 0.1) is 22.3 Å². The number of hydrogen-bond acceptors (Lipinski definition) is 3. The van der Waals surface area contributed by atoms with Gasteiger partial charge in [-0.05, 0) is 41.8 Å². The van der Waals surface area contributed by atoms with Crippen LogP contribution in [0, 0.1) is 18.2 Å². The van der Waals surface area contributed by atoms with Gasteiger partial charge in [0, 0.05) is 18.9 Å². The minimum Gasteiger partial charge on any atom is -0.399 e. The topological polar surface area (TPSA) is 60.0 Å². The number of halogens is 1. The van der Waals surface area contributed by atoms with E-state index in [0.717, 1.165) is 0 Å². The van der Waals surface area contributed by atoms with Crippen molar-refractivity contribution < 1.29 is 4.39 Å². The zero-order valence-corrected chi connectivity index (χ0v) is 12.4. The maximum Gasteiger partial charge on any atom is 0.263 e. The van der Waals surface area contributed by atoms with Gasteiger partial charge in [0.25, 0.3) is 5.56 Å². The summed E-state index contributed by atoms with van der Waals surface area (Å²) in [5.41, 5.74) is 7.27. The van der Waals surface area contributed by atoms with E-state index in [4.69, 9.17) is 12.2 Å². The molecule has 5 heteroatoms. The number of nitrogens with one attached hydrogen (secondary N) is 1. The van der Waals surface area contributed by atoms with Crippen molar-refractivity contribution in [2.24, 2.45) is 0 Å². The molecule has 1 aromatic heterocycles. The number of nitrogens with two attached hydrogens (primary N) is 1. The number of anilines is 2. The Morgan fingerprint density at radius 2 is 2.04 bits per heavy atom. The number of aromatic nitrogens is 1. The Morgan fingerprint density at radius 1 is 1.26 bits per heavy atom. The van der Waals surface area contributed by atoms with Crippen LogP contribution in [0.5, 0.6) is 0 Å². The van der Waals surface area contributed by atoms with Crippen molar-refractivity contribution in [1.82, 2.24) is 4.57 Å². The molecular weight excluding hydrogens is 293 g/mol. The number of nitrogens with zero attached hydrogens (tertiary/aromatic N) is 1. The zero-order valence-electron chi connectivity index (χ0n) is 12.4. The lowest BCUT2D eigenvalue weighted by Crippen LogP contribution is -2.19. The van der Waals surface area contributed by atoms with Gasteiger partial charge in [-0.15, -0.1) is 6.42 Å². The van der Waals surface area contributed by atoms with Crippen LogP contribution in [-0.4, -0.2) is 11.6 Å². The molecule has 3 aromatic rings. The van der Waals surface area contributed by atoms with Gasteiger partial charge in [-0.25, -0.2) is 4.39 Å². The standard InChI is InChI=1S/C18H14FN3O/c1-3-11-8-13(20)4-5-17(11)22-7-6-12-9-16(21-2)15(19)10-14(12)18(22)23/h1,4-10,21H,20H2,2H3. The second-order valence-electron chi connectivity index (χ2n) is 5.08. The Kier molecular flexibility index (Phi) is 3.51. The molecule has 3 rings (SSSR count). The van der Waals surface area contributed by atoms with Gasteiger partial charge in [-0.2, -0.15) is 0 Å². The number of benzene rings is 2. The van der Waals surface area contributed by atoms with Crippen LogP contribution in [0.1, 0.15) is 5.56 Å². The maximum absolute atomic E-state index is 14.0. The van der Waals surface area contributed by atoms with E-state index in [1.807, 2.05) is 0 Å². The molecule has 0 aliphatic heterocycles. The van der Waals surface area contributed by atoms with E-state index in [0.29, 0.717) is 28.0 Å². The minimum atomic E-state index is -0.482. The molecule has 0 fully saturated rings. The Balaban J connectivity index is 2.31. The Labute approximate surface area is 132 Å². The highest BCUT2D eigenvalue weighted by atomic mass is 19.1. The molecule has 3 N–H and O–H groups in total. The largest absolute Gasteiger partial charge is 0.399 e. The SMILES string of the molecule is C#Cc1cc(N)ccc1-n1ccc2cc(NC)c(F)cc2c1=O. The molecule has 0 saturated carbocycles. The Hall–Kier alpha value is -3.26. The second-order valence-corrected chi connectivity index (χ2v) is 5.08. The van der Waals surface area contributed by atoms with Crippen molar-refractivity contribution in [3.8, 4) is 18.0 Å². The highest BCUT2D eigenvalue weighted by molar-refractivity contribution is 5.85. The lowest BCUT2D eigenvalue weighted by atomic mass is 10.1. The molecule has 0 aliphatic carbocycles. The summed E-state index contributed by atoms with van der Waals surface area (Å²) in [4.78, 5) is 12.7. The predicted octanol–water partition coefficient (Wildman–Crippen LogP) is 2.74. The molecule has 114 valence electrons.